The number of hydrogen-bond acceptors (Lipinski definition) is 6. The highest BCUT2D eigenvalue weighted by atomic mass is 32.2. The summed E-state index contributed by atoms with van der Waals surface area (Å²) in [5.74, 6) is 0.418. The summed E-state index contributed by atoms with van der Waals surface area (Å²) in [6, 6.07) is 14.2. The average molecular weight is 373 g/mol. The van der Waals surface area contributed by atoms with Crippen LogP contribution in [0.25, 0.3) is 10.8 Å². The molecule has 0 saturated heterocycles. The van der Waals surface area contributed by atoms with Crippen LogP contribution in [0.3, 0.4) is 0 Å². The molecule has 0 unspecified atom stereocenters. The lowest BCUT2D eigenvalue weighted by Crippen LogP contribution is -2.32. The first kappa shape index (κ1) is 17.7. The molecule has 3 aromatic rings. The number of amides is 1. The quantitative estimate of drug-likeness (QED) is 0.628. The van der Waals surface area contributed by atoms with Gasteiger partial charge in [-0.1, -0.05) is 59.5 Å². The number of hydrogen-bond donors (Lipinski definition) is 1. The highest BCUT2D eigenvalue weighted by Crippen LogP contribution is 2.29. The number of benzene rings is 2. The van der Waals surface area contributed by atoms with Crippen LogP contribution in [-0.4, -0.2) is 34.9 Å². The van der Waals surface area contributed by atoms with Crippen molar-refractivity contribution in [3.05, 3.63) is 42.5 Å². The van der Waals surface area contributed by atoms with Crippen molar-refractivity contribution < 1.29 is 4.79 Å². The van der Waals surface area contributed by atoms with E-state index >= 15 is 0 Å². The Morgan fingerprint density at radius 3 is 2.76 bits per heavy atom. The van der Waals surface area contributed by atoms with Gasteiger partial charge < -0.3 is 10.2 Å². The molecule has 0 aliphatic rings. The summed E-state index contributed by atoms with van der Waals surface area (Å²) in [5.41, 5.74) is 0.955. The SMILES string of the molecule is CCNc1nnc(SCC(=O)N(CC)c2cccc3ccccc23)s1. The van der Waals surface area contributed by atoms with E-state index in [0.29, 0.717) is 12.3 Å². The molecule has 0 spiro atoms. The number of nitrogens with zero attached hydrogens (tertiary/aromatic N) is 3. The normalized spacial score (nSPS) is 10.8. The molecule has 0 bridgehead atoms. The molecule has 0 atom stereocenters. The minimum Gasteiger partial charge on any atom is -0.360 e. The number of nitrogens with one attached hydrogen (secondary N) is 1. The van der Waals surface area contributed by atoms with Gasteiger partial charge in [-0.25, -0.2) is 0 Å². The van der Waals surface area contributed by atoms with Gasteiger partial charge in [-0.05, 0) is 25.3 Å². The first-order chi connectivity index (χ1) is 12.2. The van der Waals surface area contributed by atoms with Crippen LogP contribution < -0.4 is 10.2 Å². The zero-order chi connectivity index (χ0) is 17.6. The van der Waals surface area contributed by atoms with Crippen LogP contribution in [0.2, 0.25) is 0 Å². The Bertz CT molecular complexity index is 860. The van der Waals surface area contributed by atoms with E-state index in [1.165, 1.54) is 23.1 Å². The summed E-state index contributed by atoms with van der Waals surface area (Å²) in [4.78, 5) is 14.6. The molecular weight excluding hydrogens is 352 g/mol. The maximum Gasteiger partial charge on any atom is 0.237 e. The molecule has 0 fully saturated rings. The van der Waals surface area contributed by atoms with Crippen molar-refractivity contribution in [3.63, 3.8) is 0 Å². The van der Waals surface area contributed by atoms with Crippen molar-refractivity contribution >= 4 is 50.6 Å². The van der Waals surface area contributed by atoms with Crippen molar-refractivity contribution in [2.45, 2.75) is 18.2 Å². The summed E-state index contributed by atoms with van der Waals surface area (Å²) >= 11 is 2.91. The molecule has 1 heterocycles. The Balaban J connectivity index is 1.74. The lowest BCUT2D eigenvalue weighted by atomic mass is 10.1. The van der Waals surface area contributed by atoms with E-state index in [2.05, 4.69) is 33.7 Å². The summed E-state index contributed by atoms with van der Waals surface area (Å²) in [7, 11) is 0. The molecule has 3 rings (SSSR count). The highest BCUT2D eigenvalue weighted by molar-refractivity contribution is 8.01. The van der Waals surface area contributed by atoms with Crippen molar-refractivity contribution in [2.24, 2.45) is 0 Å². The molecule has 0 aliphatic carbocycles. The summed E-state index contributed by atoms with van der Waals surface area (Å²) < 4.78 is 0.804. The van der Waals surface area contributed by atoms with E-state index in [1.807, 2.05) is 43.0 Å². The van der Waals surface area contributed by atoms with Gasteiger partial charge in [0, 0.05) is 18.5 Å². The van der Waals surface area contributed by atoms with E-state index in [4.69, 9.17) is 0 Å². The Labute approximate surface area is 155 Å². The number of rotatable bonds is 7. The minimum atomic E-state index is 0.0732. The second kappa shape index (κ2) is 8.31. The van der Waals surface area contributed by atoms with Crippen LogP contribution in [0, 0.1) is 0 Å². The van der Waals surface area contributed by atoms with E-state index in [9.17, 15) is 4.79 Å². The van der Waals surface area contributed by atoms with Crippen LogP contribution in [0.5, 0.6) is 0 Å². The van der Waals surface area contributed by atoms with Crippen molar-refractivity contribution in [1.29, 1.82) is 0 Å². The summed E-state index contributed by atoms with van der Waals surface area (Å²) in [5, 5.41) is 14.3. The maximum absolute atomic E-state index is 12.8. The fourth-order valence-electron chi connectivity index (χ4n) is 2.62. The Hall–Kier alpha value is -2.12. The van der Waals surface area contributed by atoms with Gasteiger partial charge in [0.05, 0.1) is 11.4 Å². The molecule has 25 heavy (non-hydrogen) atoms. The predicted octanol–water partition coefficient (Wildman–Crippen LogP) is 4.27. The highest BCUT2D eigenvalue weighted by Gasteiger charge is 2.17. The van der Waals surface area contributed by atoms with Crippen LogP contribution in [0.4, 0.5) is 10.8 Å². The van der Waals surface area contributed by atoms with Gasteiger partial charge in [0.15, 0.2) is 4.34 Å². The summed E-state index contributed by atoms with van der Waals surface area (Å²) in [6.07, 6.45) is 0. The first-order valence-electron chi connectivity index (χ1n) is 8.21. The largest absolute Gasteiger partial charge is 0.360 e. The summed E-state index contributed by atoms with van der Waals surface area (Å²) in [6.45, 7) is 5.45. The van der Waals surface area contributed by atoms with E-state index < -0.39 is 0 Å². The molecule has 5 nitrogen and oxygen atoms in total. The number of thioether (sulfide) groups is 1. The smallest absolute Gasteiger partial charge is 0.237 e. The number of carbonyl (C=O) groups is 1. The van der Waals surface area contributed by atoms with Gasteiger partial charge in [-0.15, -0.1) is 10.2 Å². The molecule has 2 aromatic carbocycles. The Kier molecular flexibility index (Phi) is 5.88. The van der Waals surface area contributed by atoms with Crippen LogP contribution >= 0.6 is 23.1 Å². The molecule has 0 aliphatic heterocycles. The topological polar surface area (TPSA) is 58.1 Å². The number of anilines is 2. The second-order valence-electron chi connectivity index (χ2n) is 5.33. The van der Waals surface area contributed by atoms with Crippen LogP contribution in [0.1, 0.15) is 13.8 Å². The Morgan fingerprint density at radius 2 is 1.96 bits per heavy atom. The number of fused-ring (bicyclic) bond motifs is 1. The third-order valence-corrected chi connectivity index (χ3v) is 5.73. The molecule has 1 aromatic heterocycles. The molecule has 1 N–H and O–H groups in total. The van der Waals surface area contributed by atoms with Gasteiger partial charge in [0.1, 0.15) is 0 Å². The molecular formula is C18H20N4OS2. The fraction of sp³-hybridized carbons (Fsp3) is 0.278. The second-order valence-corrected chi connectivity index (χ2v) is 7.53. The van der Waals surface area contributed by atoms with Gasteiger partial charge in [-0.2, -0.15) is 0 Å². The van der Waals surface area contributed by atoms with Crippen molar-refractivity contribution in [1.82, 2.24) is 10.2 Å². The van der Waals surface area contributed by atoms with E-state index in [-0.39, 0.29) is 5.91 Å². The lowest BCUT2D eigenvalue weighted by molar-refractivity contribution is -0.116. The zero-order valence-corrected chi connectivity index (χ0v) is 15.9. The van der Waals surface area contributed by atoms with E-state index in [1.54, 1.807) is 0 Å². The first-order valence-corrected chi connectivity index (χ1v) is 10.0. The molecule has 0 radical (unpaired) electrons. The van der Waals surface area contributed by atoms with Gasteiger partial charge in [0.2, 0.25) is 11.0 Å². The van der Waals surface area contributed by atoms with Crippen LogP contribution in [0.15, 0.2) is 46.8 Å². The molecule has 7 heteroatoms. The molecule has 130 valence electrons. The average Bonchev–Trinajstić information content (AvgIpc) is 3.09. The number of carbonyl (C=O) groups excluding carboxylic acids is 1. The van der Waals surface area contributed by atoms with Gasteiger partial charge in [-0.3, -0.25) is 4.79 Å². The van der Waals surface area contributed by atoms with Crippen LogP contribution in [-0.2, 0) is 4.79 Å². The molecule has 1 amide bonds. The zero-order valence-electron chi connectivity index (χ0n) is 14.2. The van der Waals surface area contributed by atoms with Gasteiger partial charge in [0.25, 0.3) is 0 Å². The van der Waals surface area contributed by atoms with Crippen molar-refractivity contribution in [3.8, 4) is 0 Å². The third-order valence-electron chi connectivity index (χ3n) is 3.73. The predicted molar refractivity (Wildman–Crippen MR) is 107 cm³/mol. The standard InChI is InChI=1S/C18H20N4OS2/c1-3-19-17-20-21-18(25-17)24-12-16(23)22(4-2)15-11-7-9-13-8-5-6-10-14(13)15/h5-11H,3-4,12H2,1-2H3,(H,19,20). The Morgan fingerprint density at radius 1 is 1.16 bits per heavy atom. The van der Waals surface area contributed by atoms with Crippen molar-refractivity contribution in [2.75, 3.05) is 29.1 Å². The fourth-order valence-corrected chi connectivity index (χ4v) is 4.31. The number of aromatic nitrogens is 2. The van der Waals surface area contributed by atoms with Gasteiger partial charge >= 0.3 is 0 Å². The van der Waals surface area contributed by atoms with E-state index in [0.717, 1.165) is 32.5 Å². The third kappa shape index (κ3) is 4.11. The monoisotopic (exact) mass is 372 g/mol. The lowest BCUT2D eigenvalue weighted by Gasteiger charge is -2.22. The maximum atomic E-state index is 12.8. The minimum absolute atomic E-state index is 0.0732. The molecule has 0 saturated carbocycles.